The Morgan fingerprint density at radius 2 is 1.20 bits per heavy atom. The number of urea groups is 1. The van der Waals surface area contributed by atoms with Crippen LogP contribution in [0.1, 0.15) is 30.4 Å². The topological polar surface area (TPSA) is 64.6 Å². The van der Waals surface area contributed by atoms with E-state index in [4.69, 9.17) is 0 Å². The van der Waals surface area contributed by atoms with Crippen LogP contribution < -0.4 is 15.1 Å². The van der Waals surface area contributed by atoms with E-state index >= 15 is 0 Å². The average molecular weight is 502 g/mol. The molecule has 35 heavy (non-hydrogen) atoms. The first-order valence-electron chi connectivity index (χ1n) is 11.2. The van der Waals surface area contributed by atoms with Crippen molar-refractivity contribution in [3.63, 3.8) is 0 Å². The molecule has 0 bridgehead atoms. The number of amides is 2. The zero-order chi connectivity index (χ0) is 25.2. The summed E-state index contributed by atoms with van der Waals surface area (Å²) in [4.78, 5) is 18.0. The van der Waals surface area contributed by atoms with Gasteiger partial charge >= 0.3 is 18.4 Å². The zero-order valence-corrected chi connectivity index (χ0v) is 18.7. The molecule has 1 aromatic heterocycles. The van der Waals surface area contributed by atoms with Crippen molar-refractivity contribution in [2.24, 2.45) is 0 Å². The van der Waals surface area contributed by atoms with Crippen molar-refractivity contribution in [2.75, 3.05) is 54.4 Å². The van der Waals surface area contributed by atoms with Crippen molar-refractivity contribution in [1.29, 1.82) is 0 Å². The summed E-state index contributed by atoms with van der Waals surface area (Å²) in [5, 5.41) is 10.8. The fraction of sp³-hybridized carbons (Fsp3) is 0.500. The minimum absolute atomic E-state index is 0.0199. The summed E-state index contributed by atoms with van der Waals surface area (Å²) >= 11 is 0. The quantitative estimate of drug-likeness (QED) is 0.608. The Bertz CT molecular complexity index is 996. The van der Waals surface area contributed by atoms with Crippen LogP contribution in [0.4, 0.5) is 48.5 Å². The van der Waals surface area contributed by atoms with E-state index in [1.807, 2.05) is 17.0 Å². The number of piperazine rings is 1. The molecule has 2 aliphatic heterocycles. The molecule has 2 aromatic rings. The zero-order valence-electron chi connectivity index (χ0n) is 18.7. The first kappa shape index (κ1) is 24.9. The van der Waals surface area contributed by atoms with E-state index in [0.717, 1.165) is 31.7 Å². The van der Waals surface area contributed by atoms with Crippen LogP contribution >= 0.6 is 0 Å². The Morgan fingerprint density at radius 3 is 1.66 bits per heavy atom. The van der Waals surface area contributed by atoms with E-state index in [-0.39, 0.29) is 19.2 Å². The van der Waals surface area contributed by atoms with E-state index in [1.54, 1.807) is 0 Å². The number of nitrogens with one attached hydrogen (secondary N) is 1. The summed E-state index contributed by atoms with van der Waals surface area (Å²) in [5.74, 6) is 1.45. The van der Waals surface area contributed by atoms with Gasteiger partial charge in [0, 0.05) is 45.0 Å². The van der Waals surface area contributed by atoms with E-state index in [9.17, 15) is 31.1 Å². The molecular weight excluding hydrogens is 478 g/mol. The summed E-state index contributed by atoms with van der Waals surface area (Å²) in [6, 6.07) is 3.98. The molecule has 0 radical (unpaired) electrons. The average Bonchev–Trinajstić information content (AvgIpc) is 2.83. The van der Waals surface area contributed by atoms with Crippen LogP contribution in [-0.2, 0) is 12.4 Å². The highest BCUT2D eigenvalue weighted by Crippen LogP contribution is 2.37. The minimum Gasteiger partial charge on any atom is -0.355 e. The predicted octanol–water partition coefficient (Wildman–Crippen LogP) is 4.86. The molecule has 2 saturated heterocycles. The molecule has 2 amide bonds. The number of piperidine rings is 1. The third-order valence-corrected chi connectivity index (χ3v) is 6.05. The van der Waals surface area contributed by atoms with Crippen LogP contribution in [0.25, 0.3) is 0 Å². The molecule has 0 spiro atoms. The highest BCUT2D eigenvalue weighted by atomic mass is 19.4. The second-order valence-electron chi connectivity index (χ2n) is 8.50. The summed E-state index contributed by atoms with van der Waals surface area (Å²) in [7, 11) is 0. The number of carbonyl (C=O) groups is 1. The van der Waals surface area contributed by atoms with Gasteiger partial charge in [0.15, 0.2) is 11.6 Å². The first-order valence-corrected chi connectivity index (χ1v) is 11.2. The number of rotatable bonds is 3. The Kier molecular flexibility index (Phi) is 6.95. The molecule has 190 valence electrons. The highest BCUT2D eigenvalue weighted by Gasteiger charge is 2.37. The summed E-state index contributed by atoms with van der Waals surface area (Å²) in [5.41, 5.74) is -3.54. The van der Waals surface area contributed by atoms with Gasteiger partial charge in [0.05, 0.1) is 11.1 Å². The Balaban J connectivity index is 1.37. The van der Waals surface area contributed by atoms with Crippen molar-refractivity contribution >= 4 is 23.4 Å². The van der Waals surface area contributed by atoms with E-state index in [2.05, 4.69) is 20.4 Å². The van der Waals surface area contributed by atoms with Crippen molar-refractivity contribution < 1.29 is 31.1 Å². The van der Waals surface area contributed by atoms with Crippen LogP contribution in [0.2, 0.25) is 0 Å². The molecule has 3 heterocycles. The fourth-order valence-electron chi connectivity index (χ4n) is 4.15. The number of halogens is 6. The van der Waals surface area contributed by atoms with Gasteiger partial charge < -0.3 is 20.0 Å². The van der Waals surface area contributed by atoms with Gasteiger partial charge in [0.25, 0.3) is 0 Å². The van der Waals surface area contributed by atoms with Gasteiger partial charge in [-0.2, -0.15) is 26.3 Å². The summed E-state index contributed by atoms with van der Waals surface area (Å²) in [6.45, 7) is 3.10. The van der Waals surface area contributed by atoms with E-state index in [1.165, 1.54) is 11.3 Å². The number of benzene rings is 1. The molecular formula is C22H24F6N6O. The molecule has 2 fully saturated rings. The van der Waals surface area contributed by atoms with Gasteiger partial charge in [-0.05, 0) is 49.6 Å². The number of aromatic nitrogens is 2. The maximum Gasteiger partial charge on any atom is 0.416 e. The molecule has 0 unspecified atom stereocenters. The lowest BCUT2D eigenvalue weighted by Gasteiger charge is -2.35. The number of nitrogens with zero attached hydrogens (tertiary/aromatic N) is 5. The maximum absolute atomic E-state index is 13.1. The number of alkyl halides is 6. The lowest BCUT2D eigenvalue weighted by molar-refractivity contribution is -0.143. The van der Waals surface area contributed by atoms with Crippen molar-refractivity contribution in [3.8, 4) is 0 Å². The van der Waals surface area contributed by atoms with Crippen LogP contribution in [0.15, 0.2) is 30.3 Å². The molecule has 0 atom stereocenters. The molecule has 13 heteroatoms. The third kappa shape index (κ3) is 6.06. The van der Waals surface area contributed by atoms with Crippen LogP contribution in [-0.4, -0.2) is 60.4 Å². The van der Waals surface area contributed by atoms with E-state index in [0.29, 0.717) is 31.0 Å². The van der Waals surface area contributed by atoms with Crippen molar-refractivity contribution in [2.45, 2.75) is 31.6 Å². The molecule has 0 aliphatic carbocycles. The minimum atomic E-state index is -4.99. The molecule has 1 N–H and O–H groups in total. The lowest BCUT2D eigenvalue weighted by Crippen LogP contribution is -2.50. The Morgan fingerprint density at radius 1 is 0.714 bits per heavy atom. The van der Waals surface area contributed by atoms with Crippen molar-refractivity contribution in [1.82, 2.24) is 15.1 Å². The molecule has 2 aliphatic rings. The fourth-order valence-corrected chi connectivity index (χ4v) is 4.15. The van der Waals surface area contributed by atoms with Gasteiger partial charge in [-0.15, -0.1) is 10.2 Å². The summed E-state index contributed by atoms with van der Waals surface area (Å²) in [6.07, 6.45) is -6.54. The van der Waals surface area contributed by atoms with Crippen LogP contribution in [0.5, 0.6) is 0 Å². The predicted molar refractivity (Wildman–Crippen MR) is 117 cm³/mol. The molecule has 4 rings (SSSR count). The standard InChI is InChI=1S/C22H24F6N6O/c23-21(24,25)15-12-16(22(26,27)28)14-17(13-15)29-20(35)34-10-8-33(9-11-34)19-5-4-18(30-31-19)32-6-2-1-3-7-32/h4-5,12-14H,1-3,6-11H2,(H,29,35). The number of hydrogen-bond acceptors (Lipinski definition) is 5. The molecule has 7 nitrogen and oxygen atoms in total. The normalized spacial score (nSPS) is 17.5. The second kappa shape index (κ2) is 9.78. The highest BCUT2D eigenvalue weighted by molar-refractivity contribution is 5.89. The van der Waals surface area contributed by atoms with Gasteiger partial charge in [0.1, 0.15) is 0 Å². The first-order chi connectivity index (χ1) is 16.5. The van der Waals surface area contributed by atoms with Gasteiger partial charge in [-0.1, -0.05) is 0 Å². The lowest BCUT2D eigenvalue weighted by atomic mass is 10.1. The maximum atomic E-state index is 13.1. The summed E-state index contributed by atoms with van der Waals surface area (Å²) < 4.78 is 78.3. The van der Waals surface area contributed by atoms with Gasteiger partial charge in [-0.3, -0.25) is 0 Å². The number of anilines is 3. The smallest absolute Gasteiger partial charge is 0.355 e. The number of hydrogen-bond donors (Lipinski definition) is 1. The molecule has 0 saturated carbocycles. The van der Waals surface area contributed by atoms with E-state index < -0.39 is 35.2 Å². The number of carbonyl (C=O) groups excluding carboxylic acids is 1. The molecule has 1 aromatic carbocycles. The monoisotopic (exact) mass is 502 g/mol. The van der Waals surface area contributed by atoms with Crippen LogP contribution in [0.3, 0.4) is 0 Å². The van der Waals surface area contributed by atoms with Gasteiger partial charge in [0.2, 0.25) is 0 Å². The Labute approximate surface area is 197 Å². The largest absolute Gasteiger partial charge is 0.416 e. The van der Waals surface area contributed by atoms with Crippen molar-refractivity contribution in [3.05, 3.63) is 41.5 Å². The van der Waals surface area contributed by atoms with Crippen LogP contribution in [0, 0.1) is 0 Å². The van der Waals surface area contributed by atoms with Gasteiger partial charge in [-0.25, -0.2) is 4.79 Å². The third-order valence-electron chi connectivity index (χ3n) is 6.05. The SMILES string of the molecule is O=C(Nc1cc(C(F)(F)F)cc(C(F)(F)F)c1)N1CCN(c2ccc(N3CCCCC3)nn2)CC1. The Hall–Kier alpha value is -3.25. The second-order valence-corrected chi connectivity index (χ2v) is 8.50.